The van der Waals surface area contributed by atoms with E-state index >= 15 is 0 Å². The summed E-state index contributed by atoms with van der Waals surface area (Å²) in [6.45, 7) is 4.81. The molecule has 1 aliphatic heterocycles. The zero-order chi connectivity index (χ0) is 49.0. The van der Waals surface area contributed by atoms with Crippen LogP contribution in [0.4, 0.5) is 9.59 Å². The number of nitriles is 2. The Bertz CT molecular complexity index is 2640. The fourth-order valence-corrected chi connectivity index (χ4v) is 11.6. The van der Waals surface area contributed by atoms with Crippen molar-refractivity contribution in [2.24, 2.45) is 0 Å². The van der Waals surface area contributed by atoms with Gasteiger partial charge >= 0.3 is 24.2 Å². The van der Waals surface area contributed by atoms with Crippen LogP contribution in [0.1, 0.15) is 157 Å². The maximum Gasteiger partial charge on any atom is 0.513 e. The van der Waals surface area contributed by atoms with Gasteiger partial charge in [0, 0.05) is 23.0 Å². The molecule has 0 unspecified atom stereocenters. The summed E-state index contributed by atoms with van der Waals surface area (Å²) >= 11 is 2.19. The molecule has 2 bridgehead atoms. The number of allylic oxidation sites excluding steroid dienone is 1. The lowest BCUT2D eigenvalue weighted by atomic mass is 9.60. The molecule has 0 saturated carbocycles. The SMILES string of the molecule is CCCCCCCCOC(=O)Oc1ccc(C(=O)Oc2c3c(c(OC(=O)c4ccc(OC(=O)OCCCCCCCC)cc4)c4c2C2c5ccccc5C4c4ccccc42)SC(=C(C#N)C#N)S3)cc1. The van der Waals surface area contributed by atoms with E-state index in [0.717, 1.165) is 110 Å². The molecule has 0 N–H and O–H groups in total. The topological polar surface area (TPSA) is 171 Å². The molecular formula is C56H52N2O10S2. The molecule has 3 aliphatic carbocycles. The van der Waals surface area contributed by atoms with E-state index in [4.69, 9.17) is 28.4 Å². The zero-order valence-electron chi connectivity index (χ0n) is 39.1. The highest BCUT2D eigenvalue weighted by atomic mass is 32.2. The summed E-state index contributed by atoms with van der Waals surface area (Å²) in [7, 11) is 0. The number of hydrogen-bond acceptors (Lipinski definition) is 14. The van der Waals surface area contributed by atoms with Crippen LogP contribution < -0.4 is 18.9 Å². The molecular weight excluding hydrogens is 925 g/mol. The number of esters is 2. The number of hydrogen-bond donors (Lipinski definition) is 0. The van der Waals surface area contributed by atoms with E-state index in [1.54, 1.807) is 0 Å². The van der Waals surface area contributed by atoms with Gasteiger partial charge in [-0.2, -0.15) is 10.5 Å². The van der Waals surface area contributed by atoms with Crippen LogP contribution in [0.5, 0.6) is 23.0 Å². The predicted molar refractivity (Wildman–Crippen MR) is 265 cm³/mol. The van der Waals surface area contributed by atoms with Crippen LogP contribution in [-0.4, -0.2) is 37.5 Å². The van der Waals surface area contributed by atoms with Crippen LogP contribution in [0.3, 0.4) is 0 Å². The van der Waals surface area contributed by atoms with Crippen molar-refractivity contribution >= 4 is 47.8 Å². The zero-order valence-corrected chi connectivity index (χ0v) is 40.7. The van der Waals surface area contributed by atoms with Crippen molar-refractivity contribution in [1.82, 2.24) is 0 Å². The largest absolute Gasteiger partial charge is 0.513 e. The van der Waals surface area contributed by atoms with Crippen molar-refractivity contribution in [2.45, 2.75) is 113 Å². The van der Waals surface area contributed by atoms with Crippen LogP contribution in [0.2, 0.25) is 0 Å². The number of carbonyl (C=O) groups is 4. The van der Waals surface area contributed by atoms with Gasteiger partial charge in [-0.25, -0.2) is 19.2 Å². The second kappa shape index (κ2) is 23.5. The normalized spacial score (nSPS) is 14.4. The Labute approximate surface area is 416 Å². The molecule has 0 fully saturated rings. The summed E-state index contributed by atoms with van der Waals surface area (Å²) in [4.78, 5) is 54.5. The molecule has 0 aromatic heterocycles. The van der Waals surface area contributed by atoms with E-state index < -0.39 is 36.1 Å². The quantitative estimate of drug-likeness (QED) is 0.0232. The molecule has 0 radical (unpaired) electrons. The molecule has 5 aromatic rings. The summed E-state index contributed by atoms with van der Waals surface area (Å²) < 4.78 is 34.6. The van der Waals surface area contributed by atoms with Crippen LogP contribution in [-0.2, 0) is 9.47 Å². The van der Waals surface area contributed by atoms with E-state index in [1.165, 1.54) is 61.4 Å². The van der Waals surface area contributed by atoms with Gasteiger partial charge in [-0.1, -0.05) is 150 Å². The average Bonchev–Trinajstić information content (AvgIpc) is 3.82. The lowest BCUT2D eigenvalue weighted by Gasteiger charge is -2.43. The highest BCUT2D eigenvalue weighted by molar-refractivity contribution is 8.24. The minimum absolute atomic E-state index is 0.157. The maximum absolute atomic E-state index is 14.4. The van der Waals surface area contributed by atoms with Crippen LogP contribution in [0.25, 0.3) is 0 Å². The van der Waals surface area contributed by atoms with E-state index in [-0.39, 0.29) is 52.9 Å². The van der Waals surface area contributed by atoms with Crippen LogP contribution >= 0.6 is 23.5 Å². The molecule has 4 aliphatic rings. The highest BCUT2D eigenvalue weighted by Gasteiger charge is 2.49. The van der Waals surface area contributed by atoms with Gasteiger partial charge in [-0.05, 0) is 83.6 Å². The predicted octanol–water partition coefficient (Wildman–Crippen LogP) is 14.3. The summed E-state index contributed by atoms with van der Waals surface area (Å²) in [6.07, 6.45) is 10.9. The highest BCUT2D eigenvalue weighted by Crippen LogP contribution is 2.68. The van der Waals surface area contributed by atoms with Crippen molar-refractivity contribution in [1.29, 1.82) is 10.5 Å². The first-order valence-electron chi connectivity index (χ1n) is 23.9. The first-order valence-corrected chi connectivity index (χ1v) is 25.5. The standard InChI is InChI=1S/C56H52N2O10S2/c1-3-5-7-9-11-17-31-63-55(61)65-38-27-23-35(24-28-38)52(59)67-48-46-44-40-19-13-15-21-42(40)45(43-22-16-14-20-41(43)44)47(46)49(51-50(48)69-54(70-51)37(33-57)34-58)68-53(60)36-25-29-39(30-26-36)66-56(62)64-32-18-12-10-8-6-4-2/h13-16,19-30,44-45H,3-12,17-18,31-32H2,1-2H3. The van der Waals surface area contributed by atoms with Gasteiger partial charge in [0.05, 0.1) is 38.4 Å². The smallest absolute Gasteiger partial charge is 0.434 e. The molecule has 5 aromatic carbocycles. The number of carbonyl (C=O) groups excluding carboxylic acids is 4. The van der Waals surface area contributed by atoms with Gasteiger partial charge < -0.3 is 28.4 Å². The van der Waals surface area contributed by atoms with Crippen molar-refractivity contribution in [3.8, 4) is 35.1 Å². The van der Waals surface area contributed by atoms with Crippen LogP contribution in [0.15, 0.2) is 117 Å². The number of benzene rings is 5. The molecule has 70 heavy (non-hydrogen) atoms. The third-order valence-electron chi connectivity index (χ3n) is 12.4. The molecule has 0 atom stereocenters. The third kappa shape index (κ3) is 11.0. The van der Waals surface area contributed by atoms with Crippen LogP contribution in [0, 0.1) is 22.7 Å². The Morgan fingerprint density at radius 3 is 1.20 bits per heavy atom. The van der Waals surface area contributed by atoms with E-state index in [9.17, 15) is 29.7 Å². The van der Waals surface area contributed by atoms with Crippen molar-refractivity contribution in [2.75, 3.05) is 13.2 Å². The molecule has 14 heteroatoms. The number of unbranched alkanes of at least 4 members (excludes halogenated alkanes) is 10. The second-order valence-electron chi connectivity index (χ2n) is 17.1. The first-order chi connectivity index (χ1) is 34.2. The Morgan fingerprint density at radius 2 is 0.843 bits per heavy atom. The monoisotopic (exact) mass is 976 g/mol. The Balaban J connectivity index is 1.10. The lowest BCUT2D eigenvalue weighted by molar-refractivity contribution is 0.0707. The summed E-state index contributed by atoms with van der Waals surface area (Å²) in [5.41, 5.74) is 5.33. The van der Waals surface area contributed by atoms with Gasteiger partial charge in [0.2, 0.25) is 0 Å². The number of ether oxygens (including phenoxy) is 6. The minimum atomic E-state index is -0.836. The maximum atomic E-state index is 14.4. The molecule has 1 heterocycles. The molecule has 0 amide bonds. The summed E-state index contributed by atoms with van der Waals surface area (Å²) in [5.74, 6) is -1.59. The van der Waals surface area contributed by atoms with E-state index in [0.29, 0.717) is 25.2 Å². The van der Waals surface area contributed by atoms with Gasteiger partial charge in [-0.15, -0.1) is 0 Å². The van der Waals surface area contributed by atoms with Crippen molar-refractivity contribution < 1.29 is 47.6 Å². The average molecular weight is 977 g/mol. The molecule has 358 valence electrons. The van der Waals surface area contributed by atoms with Gasteiger partial charge in [-0.3, -0.25) is 0 Å². The first kappa shape index (κ1) is 49.4. The Morgan fingerprint density at radius 1 is 0.486 bits per heavy atom. The van der Waals surface area contributed by atoms with Crippen molar-refractivity contribution in [3.05, 3.63) is 151 Å². The molecule has 0 spiro atoms. The van der Waals surface area contributed by atoms with Gasteiger partial charge in [0.15, 0.2) is 11.5 Å². The van der Waals surface area contributed by atoms with Gasteiger partial charge in [0.25, 0.3) is 0 Å². The second-order valence-corrected chi connectivity index (χ2v) is 19.4. The fraction of sp³-hybridized carbons (Fsp3) is 0.321. The number of nitrogens with zero attached hydrogens (tertiary/aromatic N) is 2. The third-order valence-corrected chi connectivity index (χ3v) is 15.0. The number of fused-ring (bicyclic) bond motifs is 1. The molecule has 9 rings (SSSR count). The summed E-state index contributed by atoms with van der Waals surface area (Å²) in [6, 6.07) is 31.8. The van der Waals surface area contributed by atoms with E-state index in [2.05, 4.69) is 13.8 Å². The number of thioether (sulfide) groups is 2. The minimum Gasteiger partial charge on any atom is -0.434 e. The fourth-order valence-electron chi connectivity index (χ4n) is 9.06. The summed E-state index contributed by atoms with van der Waals surface area (Å²) in [5, 5.41) is 20.1. The number of rotatable bonds is 20. The molecule has 12 nitrogen and oxygen atoms in total. The molecule has 0 saturated heterocycles. The van der Waals surface area contributed by atoms with Gasteiger partial charge in [0.1, 0.15) is 29.2 Å². The van der Waals surface area contributed by atoms with Crippen molar-refractivity contribution in [3.63, 3.8) is 0 Å². The Hall–Kier alpha value is -7.00. The lowest BCUT2D eigenvalue weighted by Crippen LogP contribution is -2.30. The Kier molecular flexibility index (Phi) is 16.6. The van der Waals surface area contributed by atoms with E-state index in [1.807, 2.05) is 60.7 Å².